The molecule has 7 heteroatoms. The van der Waals surface area contributed by atoms with Gasteiger partial charge in [-0.05, 0) is 19.1 Å². The van der Waals surface area contributed by atoms with Gasteiger partial charge in [-0.25, -0.2) is 4.98 Å². The second kappa shape index (κ2) is 5.88. The molecule has 0 aliphatic heterocycles. The molecule has 0 atom stereocenters. The van der Waals surface area contributed by atoms with Crippen molar-refractivity contribution in [3.05, 3.63) is 42.3 Å². The molecule has 0 bridgehead atoms. The number of nitrogens with zero attached hydrogens (tertiary/aromatic N) is 4. The fourth-order valence-electron chi connectivity index (χ4n) is 2.21. The Morgan fingerprint density at radius 1 is 1.23 bits per heavy atom. The zero-order valence-corrected chi connectivity index (χ0v) is 12.6. The van der Waals surface area contributed by atoms with E-state index in [0.717, 1.165) is 11.4 Å². The lowest BCUT2D eigenvalue weighted by Gasteiger charge is -2.09. The number of ether oxygens (including phenoxy) is 2. The predicted octanol–water partition coefficient (Wildman–Crippen LogP) is 2.31. The van der Waals surface area contributed by atoms with Gasteiger partial charge >= 0.3 is 0 Å². The van der Waals surface area contributed by atoms with E-state index in [1.807, 2.05) is 35.9 Å². The first-order valence-corrected chi connectivity index (χ1v) is 6.74. The molecule has 0 N–H and O–H groups in total. The Hall–Kier alpha value is -2.83. The first-order chi connectivity index (χ1) is 10.7. The van der Waals surface area contributed by atoms with Gasteiger partial charge in [0.25, 0.3) is 0 Å². The summed E-state index contributed by atoms with van der Waals surface area (Å²) in [6.45, 7) is 2.40. The molecular weight excluding hydrogens is 284 g/mol. The monoisotopic (exact) mass is 300 g/mol. The number of hydrogen-bond donors (Lipinski definition) is 0. The molecule has 22 heavy (non-hydrogen) atoms. The molecule has 0 aliphatic rings. The van der Waals surface area contributed by atoms with E-state index in [2.05, 4.69) is 15.1 Å². The molecule has 0 amide bonds. The number of benzene rings is 1. The Balaban J connectivity index is 1.93. The van der Waals surface area contributed by atoms with E-state index < -0.39 is 0 Å². The molecule has 0 saturated carbocycles. The summed E-state index contributed by atoms with van der Waals surface area (Å²) >= 11 is 0. The highest BCUT2D eigenvalue weighted by molar-refractivity contribution is 5.68. The lowest BCUT2D eigenvalue weighted by atomic mass is 10.1. The summed E-state index contributed by atoms with van der Waals surface area (Å²) in [5, 5.41) is 4.03. The minimum absolute atomic E-state index is 0.462. The van der Waals surface area contributed by atoms with Gasteiger partial charge in [0, 0.05) is 12.4 Å². The third-order valence-electron chi connectivity index (χ3n) is 3.34. The maximum Gasteiger partial charge on any atom is 0.246 e. The molecular formula is C15H16N4O3. The van der Waals surface area contributed by atoms with Crippen LogP contribution in [0.3, 0.4) is 0 Å². The Morgan fingerprint density at radius 2 is 2.09 bits per heavy atom. The highest BCUT2D eigenvalue weighted by Crippen LogP contribution is 2.36. The van der Waals surface area contributed by atoms with Crippen molar-refractivity contribution in [3.63, 3.8) is 0 Å². The van der Waals surface area contributed by atoms with Crippen LogP contribution in [-0.2, 0) is 6.54 Å². The van der Waals surface area contributed by atoms with Crippen LogP contribution >= 0.6 is 0 Å². The van der Waals surface area contributed by atoms with Crippen LogP contribution < -0.4 is 9.47 Å². The molecule has 3 rings (SSSR count). The minimum Gasteiger partial charge on any atom is -0.493 e. The maximum atomic E-state index is 5.39. The fourth-order valence-corrected chi connectivity index (χ4v) is 2.21. The van der Waals surface area contributed by atoms with Crippen molar-refractivity contribution in [1.82, 2.24) is 19.7 Å². The average molecular weight is 300 g/mol. The quantitative estimate of drug-likeness (QED) is 0.719. The molecule has 0 fully saturated rings. The molecule has 114 valence electrons. The molecule has 2 aromatic heterocycles. The largest absolute Gasteiger partial charge is 0.493 e. The van der Waals surface area contributed by atoms with Gasteiger partial charge in [-0.1, -0.05) is 11.2 Å². The van der Waals surface area contributed by atoms with Crippen molar-refractivity contribution >= 4 is 0 Å². The summed E-state index contributed by atoms with van der Waals surface area (Å²) in [6.07, 6.45) is 3.60. The first kappa shape index (κ1) is 14.1. The number of imidazole rings is 1. The summed E-state index contributed by atoms with van der Waals surface area (Å²) < 4.78 is 17.9. The SMILES string of the molecule is COc1cccc(-c2noc(Cn3ccnc3C)n2)c1OC. The molecule has 1 aromatic carbocycles. The molecule has 7 nitrogen and oxygen atoms in total. The molecule has 2 heterocycles. The van der Waals surface area contributed by atoms with Crippen molar-refractivity contribution in [3.8, 4) is 22.9 Å². The van der Waals surface area contributed by atoms with Gasteiger partial charge in [0.05, 0.1) is 19.8 Å². The van der Waals surface area contributed by atoms with E-state index in [0.29, 0.717) is 29.8 Å². The number of methoxy groups -OCH3 is 2. The lowest BCUT2D eigenvalue weighted by Crippen LogP contribution is -2.01. The van der Waals surface area contributed by atoms with Crippen LogP contribution in [0.4, 0.5) is 0 Å². The first-order valence-electron chi connectivity index (χ1n) is 6.74. The Labute approximate surface area is 127 Å². The normalized spacial score (nSPS) is 10.7. The van der Waals surface area contributed by atoms with E-state index >= 15 is 0 Å². The van der Waals surface area contributed by atoms with Crippen LogP contribution in [0.1, 0.15) is 11.7 Å². The van der Waals surface area contributed by atoms with Crippen molar-refractivity contribution < 1.29 is 14.0 Å². The smallest absolute Gasteiger partial charge is 0.246 e. The van der Waals surface area contributed by atoms with Crippen molar-refractivity contribution in [1.29, 1.82) is 0 Å². The number of para-hydroxylation sites is 1. The van der Waals surface area contributed by atoms with Crippen LogP contribution in [0.15, 0.2) is 35.1 Å². The van der Waals surface area contributed by atoms with E-state index in [9.17, 15) is 0 Å². The van der Waals surface area contributed by atoms with Gasteiger partial charge in [0.15, 0.2) is 11.5 Å². The van der Waals surface area contributed by atoms with Crippen LogP contribution in [0.2, 0.25) is 0 Å². The van der Waals surface area contributed by atoms with Gasteiger partial charge < -0.3 is 18.6 Å². The van der Waals surface area contributed by atoms with Gasteiger partial charge in [0.2, 0.25) is 11.7 Å². The highest BCUT2D eigenvalue weighted by Gasteiger charge is 2.17. The van der Waals surface area contributed by atoms with Crippen LogP contribution in [0.5, 0.6) is 11.5 Å². The summed E-state index contributed by atoms with van der Waals surface area (Å²) in [7, 11) is 3.17. The maximum absolute atomic E-state index is 5.39. The van der Waals surface area contributed by atoms with Crippen molar-refractivity contribution in [2.24, 2.45) is 0 Å². The van der Waals surface area contributed by atoms with E-state index in [-0.39, 0.29) is 0 Å². The minimum atomic E-state index is 0.462. The summed E-state index contributed by atoms with van der Waals surface area (Å²) in [5.41, 5.74) is 0.721. The summed E-state index contributed by atoms with van der Waals surface area (Å²) in [6, 6.07) is 5.53. The lowest BCUT2D eigenvalue weighted by molar-refractivity contribution is 0.354. The molecule has 0 radical (unpaired) electrons. The van der Waals surface area contributed by atoms with E-state index in [4.69, 9.17) is 14.0 Å². The predicted molar refractivity (Wildman–Crippen MR) is 78.9 cm³/mol. The molecule has 0 spiro atoms. The van der Waals surface area contributed by atoms with Gasteiger partial charge in [-0.3, -0.25) is 0 Å². The van der Waals surface area contributed by atoms with Crippen molar-refractivity contribution in [2.45, 2.75) is 13.5 Å². The number of aromatic nitrogens is 4. The Morgan fingerprint density at radius 3 is 2.77 bits per heavy atom. The average Bonchev–Trinajstić information content (AvgIpc) is 3.16. The van der Waals surface area contributed by atoms with Crippen LogP contribution in [-0.4, -0.2) is 33.9 Å². The van der Waals surface area contributed by atoms with Gasteiger partial charge in [0.1, 0.15) is 12.4 Å². The molecule has 0 saturated heterocycles. The number of hydrogen-bond acceptors (Lipinski definition) is 6. The molecule has 0 unspecified atom stereocenters. The Kier molecular flexibility index (Phi) is 3.78. The second-order valence-electron chi connectivity index (χ2n) is 4.66. The van der Waals surface area contributed by atoms with Crippen molar-refractivity contribution in [2.75, 3.05) is 14.2 Å². The van der Waals surface area contributed by atoms with Crippen LogP contribution in [0.25, 0.3) is 11.4 Å². The fraction of sp³-hybridized carbons (Fsp3) is 0.267. The molecule has 3 aromatic rings. The van der Waals surface area contributed by atoms with Gasteiger partial charge in [-0.15, -0.1) is 0 Å². The van der Waals surface area contributed by atoms with Crippen LogP contribution in [0, 0.1) is 6.92 Å². The summed E-state index contributed by atoms with van der Waals surface area (Å²) in [4.78, 5) is 8.58. The zero-order valence-electron chi connectivity index (χ0n) is 12.6. The topological polar surface area (TPSA) is 75.2 Å². The number of aryl methyl sites for hydroxylation is 1. The summed E-state index contributed by atoms with van der Waals surface area (Å²) in [5.74, 6) is 3.05. The van der Waals surface area contributed by atoms with E-state index in [1.165, 1.54) is 0 Å². The third-order valence-corrected chi connectivity index (χ3v) is 3.34. The van der Waals surface area contributed by atoms with Gasteiger partial charge in [-0.2, -0.15) is 4.98 Å². The van der Waals surface area contributed by atoms with E-state index in [1.54, 1.807) is 20.4 Å². The third kappa shape index (κ3) is 2.52. The second-order valence-corrected chi connectivity index (χ2v) is 4.66. The number of rotatable bonds is 5. The zero-order chi connectivity index (χ0) is 15.5. The molecule has 0 aliphatic carbocycles. The Bertz CT molecular complexity index is 779. The highest BCUT2D eigenvalue weighted by atomic mass is 16.5. The standard InChI is InChI=1S/C15H16N4O3/c1-10-16-7-8-19(10)9-13-17-15(18-22-13)11-5-4-6-12(20-2)14(11)21-3/h4-8H,9H2,1-3H3.